The molecular formula is C37H63N3O10. The smallest absolute Gasteiger partial charge is 0.318 e. The number of hydrogen-bond acceptors (Lipinski definition) is 11. The fraction of sp³-hybridized carbons (Fsp3) is 0.784. The summed E-state index contributed by atoms with van der Waals surface area (Å²) in [7, 11) is 3.70. The van der Waals surface area contributed by atoms with E-state index in [4.69, 9.17) is 14.2 Å². The van der Waals surface area contributed by atoms with E-state index in [0.29, 0.717) is 6.42 Å². The van der Waals surface area contributed by atoms with Crippen molar-refractivity contribution in [2.24, 2.45) is 17.8 Å². The minimum atomic E-state index is -1.98. The second-order valence-electron chi connectivity index (χ2n) is 15.5. The van der Waals surface area contributed by atoms with E-state index in [2.05, 4.69) is 5.32 Å². The number of ether oxygens (including phenoxy) is 3. The molecule has 0 spiro atoms. The van der Waals surface area contributed by atoms with E-state index in [1.165, 1.54) is 18.7 Å². The van der Waals surface area contributed by atoms with Crippen LogP contribution in [0.3, 0.4) is 0 Å². The Balaban J connectivity index is 2.05. The molecule has 6 N–H and O–H groups in total. The summed E-state index contributed by atoms with van der Waals surface area (Å²) in [5, 5.41) is 61.4. The Morgan fingerprint density at radius 1 is 1.04 bits per heavy atom. The molecule has 1 aromatic carbocycles. The number of aliphatic hydroxyl groups excluding tert-OH is 3. The van der Waals surface area contributed by atoms with Crippen molar-refractivity contribution in [3.05, 3.63) is 35.9 Å². The van der Waals surface area contributed by atoms with Gasteiger partial charge in [0.25, 0.3) is 0 Å². The lowest BCUT2D eigenvalue weighted by Crippen LogP contribution is -2.61. The highest BCUT2D eigenvalue weighted by Gasteiger charge is 2.50. The molecule has 1 aromatic rings. The third-order valence-electron chi connectivity index (χ3n) is 10.7. The summed E-state index contributed by atoms with van der Waals surface area (Å²) in [4.78, 5) is 30.7. The van der Waals surface area contributed by atoms with Crippen LogP contribution in [-0.4, -0.2) is 134 Å². The zero-order valence-corrected chi connectivity index (χ0v) is 31.5. The van der Waals surface area contributed by atoms with Gasteiger partial charge in [0.15, 0.2) is 6.29 Å². The number of cyclic esters (lactones) is 1. The highest BCUT2D eigenvalue weighted by atomic mass is 16.7. The average molecular weight is 710 g/mol. The molecule has 50 heavy (non-hydrogen) atoms. The molecule has 0 aliphatic carbocycles. The Labute approximate surface area is 297 Å². The summed E-state index contributed by atoms with van der Waals surface area (Å²) < 4.78 is 18.3. The van der Waals surface area contributed by atoms with Gasteiger partial charge in [0.1, 0.15) is 23.9 Å². The number of aliphatic hydroxyl groups is 5. The van der Waals surface area contributed by atoms with Crippen LogP contribution in [0, 0.1) is 17.8 Å². The molecule has 13 nitrogen and oxygen atoms in total. The quantitative estimate of drug-likeness (QED) is 0.239. The molecule has 2 aliphatic heterocycles. The number of rotatable bonds is 6. The van der Waals surface area contributed by atoms with Gasteiger partial charge >= 0.3 is 12.0 Å². The summed E-state index contributed by atoms with van der Waals surface area (Å²) in [6.07, 6.45) is -7.00. The monoisotopic (exact) mass is 709 g/mol. The SMILES string of the molecule is CC[C@H]1OC(=O)[C@H](C)[C@@H](O)[C@H](C)[C@@H](O[C@@H]2O[C@H](C)C[C@H](N(C)C)[C@H]2O)[C@](C)(O)C[C@@H](C)CN(C(=O)NCc2ccccc2)[C@H](C)[C@@H](O)[C@]1(C)O. The fourth-order valence-corrected chi connectivity index (χ4v) is 7.65. The zero-order chi connectivity index (χ0) is 37.7. The molecule has 0 saturated carbocycles. The molecule has 2 fully saturated rings. The van der Waals surface area contributed by atoms with Gasteiger partial charge < -0.3 is 54.9 Å². The molecule has 286 valence electrons. The average Bonchev–Trinajstić information content (AvgIpc) is 3.06. The number of esters is 1. The molecule has 2 heterocycles. The van der Waals surface area contributed by atoms with Gasteiger partial charge in [-0.25, -0.2) is 4.79 Å². The first kappa shape index (κ1) is 42.1. The summed E-state index contributed by atoms with van der Waals surface area (Å²) in [6, 6.07) is 7.60. The maximum Gasteiger partial charge on any atom is 0.318 e. The number of benzene rings is 1. The van der Waals surface area contributed by atoms with Gasteiger partial charge in [0.2, 0.25) is 0 Å². The lowest BCUT2D eigenvalue weighted by Gasteiger charge is -2.46. The predicted molar refractivity (Wildman–Crippen MR) is 188 cm³/mol. The molecule has 13 heteroatoms. The second-order valence-corrected chi connectivity index (χ2v) is 15.5. The van der Waals surface area contributed by atoms with Crippen LogP contribution >= 0.6 is 0 Å². The van der Waals surface area contributed by atoms with Crippen molar-refractivity contribution < 1.29 is 49.3 Å². The Kier molecular flexibility index (Phi) is 14.7. The number of carbonyl (C=O) groups is 2. The Bertz CT molecular complexity index is 1230. The van der Waals surface area contributed by atoms with Crippen LogP contribution in [0.1, 0.15) is 80.2 Å². The van der Waals surface area contributed by atoms with Crippen LogP contribution in [0.2, 0.25) is 0 Å². The molecule has 0 bridgehead atoms. The minimum absolute atomic E-state index is 0.0578. The Morgan fingerprint density at radius 3 is 2.24 bits per heavy atom. The number of carbonyl (C=O) groups excluding carboxylic acids is 2. The van der Waals surface area contributed by atoms with E-state index in [0.717, 1.165) is 5.56 Å². The molecule has 14 atom stereocenters. The van der Waals surface area contributed by atoms with Crippen LogP contribution in [0.4, 0.5) is 4.79 Å². The van der Waals surface area contributed by atoms with E-state index in [-0.39, 0.29) is 38.1 Å². The van der Waals surface area contributed by atoms with E-state index >= 15 is 0 Å². The molecule has 0 radical (unpaired) electrons. The van der Waals surface area contributed by atoms with Crippen molar-refractivity contribution in [2.75, 3.05) is 20.6 Å². The van der Waals surface area contributed by atoms with Crippen molar-refractivity contribution in [1.29, 1.82) is 0 Å². The topological polar surface area (TPSA) is 181 Å². The van der Waals surface area contributed by atoms with Crippen molar-refractivity contribution in [3.63, 3.8) is 0 Å². The van der Waals surface area contributed by atoms with Crippen LogP contribution in [0.25, 0.3) is 0 Å². The first-order valence-electron chi connectivity index (χ1n) is 18.0. The predicted octanol–water partition coefficient (Wildman–Crippen LogP) is 2.26. The number of nitrogens with one attached hydrogen (secondary N) is 1. The lowest BCUT2D eigenvalue weighted by molar-refractivity contribution is -0.299. The van der Waals surface area contributed by atoms with Crippen molar-refractivity contribution in [3.8, 4) is 0 Å². The van der Waals surface area contributed by atoms with Gasteiger partial charge in [-0.05, 0) is 79.5 Å². The summed E-state index contributed by atoms with van der Waals surface area (Å²) in [6.45, 7) is 13.4. The molecular weight excluding hydrogens is 646 g/mol. The highest BCUT2D eigenvalue weighted by molar-refractivity contribution is 5.75. The minimum Gasteiger partial charge on any atom is -0.459 e. The first-order valence-corrected chi connectivity index (χ1v) is 18.0. The van der Waals surface area contributed by atoms with Crippen LogP contribution < -0.4 is 5.32 Å². The third kappa shape index (κ3) is 9.94. The van der Waals surface area contributed by atoms with Gasteiger partial charge in [0.05, 0.1) is 35.9 Å². The molecule has 0 aromatic heterocycles. The molecule has 3 rings (SSSR count). The van der Waals surface area contributed by atoms with E-state index in [9.17, 15) is 35.1 Å². The van der Waals surface area contributed by atoms with Crippen LogP contribution in [0.15, 0.2) is 30.3 Å². The molecule has 2 saturated heterocycles. The number of nitrogens with zero attached hydrogens (tertiary/aromatic N) is 2. The standard InChI is InChI=1S/C37H63N3O10/c1-11-28-37(8,47)31(43)25(6)40(35(45)38-19-26-15-13-12-14-16-26)20-21(2)18-36(7,46)32(23(4)29(41)24(5)33(44)49-28)50-34-30(42)27(39(9)10)17-22(3)48-34/h12-16,21-25,27-32,34,41-43,46-47H,11,17-20H2,1-10H3,(H,38,45)/t21-,22-,23+,24-,25-,27+,28-,29+,30-,31-,32-,34+,36-,37-/m1/s1. The van der Waals surface area contributed by atoms with Crippen LogP contribution in [0.5, 0.6) is 0 Å². The van der Waals surface area contributed by atoms with Gasteiger partial charge in [-0.1, -0.05) is 51.1 Å². The summed E-state index contributed by atoms with van der Waals surface area (Å²) in [5.74, 6) is -3.23. The highest BCUT2D eigenvalue weighted by Crippen LogP contribution is 2.36. The second kappa shape index (κ2) is 17.4. The lowest BCUT2D eigenvalue weighted by atomic mass is 9.78. The molecule has 0 unspecified atom stereocenters. The third-order valence-corrected chi connectivity index (χ3v) is 10.7. The van der Waals surface area contributed by atoms with Gasteiger partial charge in [0, 0.05) is 25.0 Å². The number of likely N-dealkylation sites (N-methyl/N-ethyl adjacent to an activating group) is 1. The van der Waals surface area contributed by atoms with Gasteiger partial charge in [-0.3, -0.25) is 4.79 Å². The number of hydrogen-bond donors (Lipinski definition) is 6. The van der Waals surface area contributed by atoms with Gasteiger partial charge in [-0.2, -0.15) is 0 Å². The molecule has 2 amide bonds. The van der Waals surface area contributed by atoms with E-state index in [1.807, 2.05) is 63.2 Å². The Hall–Kier alpha value is -2.36. The van der Waals surface area contributed by atoms with E-state index in [1.54, 1.807) is 27.7 Å². The maximum atomic E-state index is 13.8. The maximum absolute atomic E-state index is 13.8. The summed E-state index contributed by atoms with van der Waals surface area (Å²) in [5.41, 5.74) is -2.79. The van der Waals surface area contributed by atoms with Crippen molar-refractivity contribution in [2.45, 2.75) is 147 Å². The number of amides is 2. The van der Waals surface area contributed by atoms with Crippen molar-refractivity contribution in [1.82, 2.24) is 15.1 Å². The van der Waals surface area contributed by atoms with Crippen LogP contribution in [-0.2, 0) is 25.5 Å². The molecule has 2 aliphatic rings. The van der Waals surface area contributed by atoms with Crippen molar-refractivity contribution >= 4 is 12.0 Å². The van der Waals surface area contributed by atoms with E-state index < -0.39 is 83.8 Å². The Morgan fingerprint density at radius 2 is 1.66 bits per heavy atom. The normalized spacial score (nSPS) is 41.2. The summed E-state index contributed by atoms with van der Waals surface area (Å²) >= 11 is 0. The fourth-order valence-electron chi connectivity index (χ4n) is 7.65. The van der Waals surface area contributed by atoms with Gasteiger partial charge in [-0.15, -0.1) is 0 Å². The largest absolute Gasteiger partial charge is 0.459 e. The number of urea groups is 1. The zero-order valence-electron chi connectivity index (χ0n) is 31.5. The first-order chi connectivity index (χ1) is 23.2.